The van der Waals surface area contributed by atoms with Crippen LogP contribution in [0, 0.1) is 11.8 Å². The Morgan fingerprint density at radius 2 is 1.89 bits per heavy atom. The van der Waals surface area contributed by atoms with E-state index in [1.54, 1.807) is 5.38 Å². The van der Waals surface area contributed by atoms with Crippen LogP contribution in [-0.4, -0.2) is 16.9 Å². The fourth-order valence-electron chi connectivity index (χ4n) is 2.84. The third-order valence-electron chi connectivity index (χ3n) is 4.38. The molecule has 2 N–H and O–H groups in total. The van der Waals surface area contributed by atoms with Gasteiger partial charge in [0.1, 0.15) is 5.69 Å². The van der Waals surface area contributed by atoms with E-state index in [0.29, 0.717) is 23.6 Å². The third-order valence-corrected chi connectivity index (χ3v) is 5.05. The zero-order valence-electron chi connectivity index (χ0n) is 10.3. The topological polar surface area (TPSA) is 62.0 Å². The summed E-state index contributed by atoms with van der Waals surface area (Å²) in [6.45, 7) is 0. The van der Waals surface area contributed by atoms with Gasteiger partial charge in [0.25, 0.3) is 5.91 Å². The molecule has 1 aromatic heterocycles. The largest absolute Gasteiger partial charge is 0.347 e. The number of carbonyl (C=O) groups is 1. The van der Waals surface area contributed by atoms with Crippen LogP contribution in [0.4, 0.5) is 0 Å². The fourth-order valence-corrected chi connectivity index (χ4v) is 3.40. The number of hydrogen-bond donors (Lipinski definition) is 2. The van der Waals surface area contributed by atoms with Gasteiger partial charge in [-0.05, 0) is 37.5 Å². The van der Waals surface area contributed by atoms with Gasteiger partial charge in [-0.3, -0.25) is 9.59 Å². The first-order valence-electron chi connectivity index (χ1n) is 6.73. The van der Waals surface area contributed by atoms with Gasteiger partial charge in [-0.2, -0.15) is 0 Å². The molecule has 0 unspecified atom stereocenters. The molecule has 2 saturated carbocycles. The summed E-state index contributed by atoms with van der Waals surface area (Å²) in [5.41, 5.74) is 0.411. The van der Waals surface area contributed by atoms with E-state index in [2.05, 4.69) is 10.3 Å². The quantitative estimate of drug-likeness (QED) is 0.877. The van der Waals surface area contributed by atoms with Crippen LogP contribution in [0.25, 0.3) is 0 Å². The first-order valence-corrected chi connectivity index (χ1v) is 7.60. The van der Waals surface area contributed by atoms with Gasteiger partial charge in [0.15, 0.2) is 0 Å². The van der Waals surface area contributed by atoms with Crippen molar-refractivity contribution in [2.24, 2.45) is 11.8 Å². The number of nitrogens with one attached hydrogen (secondary N) is 2. The van der Waals surface area contributed by atoms with Crippen molar-refractivity contribution >= 4 is 17.2 Å². The Morgan fingerprint density at radius 1 is 1.28 bits per heavy atom. The molecule has 4 nitrogen and oxygen atoms in total. The molecule has 1 aromatic rings. The molecule has 0 bridgehead atoms. The standard InChI is InChI=1S/C13H18N2O2S/c16-12(10-7-18-13(17)14-10)15-11(8-3-1-4-8)9-5-2-6-9/h7-9,11H,1-6H2,(H,14,17)(H,15,16). The van der Waals surface area contributed by atoms with Crippen molar-refractivity contribution in [2.75, 3.05) is 0 Å². The Hall–Kier alpha value is -1.10. The van der Waals surface area contributed by atoms with Crippen molar-refractivity contribution in [3.8, 4) is 0 Å². The van der Waals surface area contributed by atoms with E-state index < -0.39 is 0 Å². The average Bonchev–Trinajstić information content (AvgIpc) is 2.59. The van der Waals surface area contributed by atoms with Gasteiger partial charge in [-0.1, -0.05) is 24.2 Å². The molecule has 5 heteroatoms. The summed E-state index contributed by atoms with van der Waals surface area (Å²) in [5, 5.41) is 4.76. The highest BCUT2D eigenvalue weighted by molar-refractivity contribution is 7.07. The molecule has 1 heterocycles. The van der Waals surface area contributed by atoms with Crippen LogP contribution >= 0.6 is 11.3 Å². The first kappa shape index (κ1) is 12.0. The zero-order chi connectivity index (χ0) is 12.5. The normalized spacial score (nSPS) is 20.5. The van der Waals surface area contributed by atoms with Crippen LogP contribution in [0.15, 0.2) is 10.2 Å². The van der Waals surface area contributed by atoms with Crippen LogP contribution in [0.2, 0.25) is 0 Å². The second kappa shape index (κ2) is 4.88. The molecule has 0 aliphatic heterocycles. The van der Waals surface area contributed by atoms with E-state index in [-0.39, 0.29) is 10.8 Å². The molecule has 0 aromatic carbocycles. The number of thiazole rings is 1. The molecule has 0 spiro atoms. The van der Waals surface area contributed by atoms with Gasteiger partial charge in [0.2, 0.25) is 0 Å². The molecule has 0 saturated heterocycles. The Labute approximate surface area is 110 Å². The van der Waals surface area contributed by atoms with Crippen LogP contribution < -0.4 is 10.2 Å². The summed E-state index contributed by atoms with van der Waals surface area (Å²) in [5.74, 6) is 1.20. The lowest BCUT2D eigenvalue weighted by molar-refractivity contribution is 0.0785. The third kappa shape index (κ3) is 2.23. The van der Waals surface area contributed by atoms with Crippen LogP contribution in [-0.2, 0) is 0 Å². The summed E-state index contributed by atoms with van der Waals surface area (Å²) < 4.78 is 0. The van der Waals surface area contributed by atoms with Crippen LogP contribution in [0.1, 0.15) is 49.0 Å². The zero-order valence-corrected chi connectivity index (χ0v) is 11.1. The maximum Gasteiger partial charge on any atom is 0.305 e. The molecular weight excluding hydrogens is 248 g/mol. The van der Waals surface area contributed by atoms with Gasteiger partial charge in [0, 0.05) is 11.4 Å². The fraction of sp³-hybridized carbons (Fsp3) is 0.692. The minimum atomic E-state index is -0.163. The monoisotopic (exact) mass is 266 g/mol. The number of H-pyrrole nitrogens is 1. The molecule has 0 radical (unpaired) electrons. The van der Waals surface area contributed by atoms with Crippen molar-refractivity contribution in [1.29, 1.82) is 0 Å². The predicted octanol–water partition coefficient (Wildman–Crippen LogP) is 2.14. The number of carbonyl (C=O) groups excluding carboxylic acids is 1. The lowest BCUT2D eigenvalue weighted by Crippen LogP contribution is -2.49. The number of amides is 1. The average molecular weight is 266 g/mol. The highest BCUT2D eigenvalue weighted by Crippen LogP contribution is 2.40. The molecule has 0 atom stereocenters. The molecule has 18 heavy (non-hydrogen) atoms. The lowest BCUT2D eigenvalue weighted by atomic mass is 9.68. The van der Waals surface area contributed by atoms with Crippen molar-refractivity contribution in [3.63, 3.8) is 0 Å². The molecule has 1 amide bonds. The minimum absolute atomic E-state index is 0.114. The highest BCUT2D eigenvalue weighted by Gasteiger charge is 2.37. The molecule has 2 aliphatic rings. The molecule has 3 rings (SSSR count). The van der Waals surface area contributed by atoms with Crippen LogP contribution in [0.3, 0.4) is 0 Å². The van der Waals surface area contributed by atoms with E-state index >= 15 is 0 Å². The molecule has 2 aliphatic carbocycles. The van der Waals surface area contributed by atoms with E-state index in [0.717, 1.165) is 11.3 Å². The maximum atomic E-state index is 12.1. The van der Waals surface area contributed by atoms with Crippen molar-refractivity contribution in [3.05, 3.63) is 20.7 Å². The minimum Gasteiger partial charge on any atom is -0.347 e. The smallest absolute Gasteiger partial charge is 0.305 e. The molecular formula is C13H18N2O2S. The van der Waals surface area contributed by atoms with E-state index in [1.807, 2.05) is 0 Å². The number of hydrogen-bond acceptors (Lipinski definition) is 3. The second-order valence-electron chi connectivity index (χ2n) is 5.44. The number of aromatic amines is 1. The van der Waals surface area contributed by atoms with Crippen molar-refractivity contribution in [2.45, 2.75) is 44.6 Å². The van der Waals surface area contributed by atoms with Gasteiger partial charge in [-0.15, -0.1) is 0 Å². The SMILES string of the molecule is O=C(NC(C1CCC1)C1CCC1)c1csc(=O)[nH]1. The highest BCUT2D eigenvalue weighted by atomic mass is 32.1. The predicted molar refractivity (Wildman–Crippen MR) is 70.9 cm³/mol. The summed E-state index contributed by atoms with van der Waals surface area (Å²) in [4.78, 5) is 25.6. The Balaban J connectivity index is 1.67. The Morgan fingerprint density at radius 3 is 2.28 bits per heavy atom. The summed E-state index contributed by atoms with van der Waals surface area (Å²) in [6.07, 6.45) is 7.53. The summed E-state index contributed by atoms with van der Waals surface area (Å²) in [6, 6.07) is 0.323. The van der Waals surface area contributed by atoms with Crippen LogP contribution in [0.5, 0.6) is 0 Å². The summed E-state index contributed by atoms with van der Waals surface area (Å²) >= 11 is 1.04. The van der Waals surface area contributed by atoms with Gasteiger partial charge in [-0.25, -0.2) is 0 Å². The molecule has 2 fully saturated rings. The second-order valence-corrected chi connectivity index (χ2v) is 6.29. The van der Waals surface area contributed by atoms with E-state index in [1.165, 1.54) is 38.5 Å². The number of rotatable bonds is 4. The van der Waals surface area contributed by atoms with Gasteiger partial charge >= 0.3 is 4.87 Å². The van der Waals surface area contributed by atoms with E-state index in [4.69, 9.17) is 0 Å². The first-order chi connectivity index (χ1) is 8.74. The van der Waals surface area contributed by atoms with Crippen molar-refractivity contribution in [1.82, 2.24) is 10.3 Å². The Kier molecular flexibility index (Phi) is 3.24. The maximum absolute atomic E-state index is 12.1. The lowest BCUT2D eigenvalue weighted by Gasteiger charge is -2.42. The van der Waals surface area contributed by atoms with Gasteiger partial charge in [0.05, 0.1) is 0 Å². The van der Waals surface area contributed by atoms with Gasteiger partial charge < -0.3 is 10.3 Å². The van der Waals surface area contributed by atoms with Crippen molar-refractivity contribution < 1.29 is 4.79 Å². The van der Waals surface area contributed by atoms with E-state index in [9.17, 15) is 9.59 Å². The summed E-state index contributed by atoms with van der Waals surface area (Å²) in [7, 11) is 0. The molecule has 98 valence electrons. The Bertz CT molecular complexity index is 471. The number of aromatic nitrogens is 1.